The molecule has 0 aromatic heterocycles. The van der Waals surface area contributed by atoms with Crippen molar-refractivity contribution in [2.24, 2.45) is 4.99 Å². The largest absolute Gasteiger partial charge is 0.340 e. The Morgan fingerprint density at radius 1 is 1.14 bits per heavy atom. The van der Waals surface area contributed by atoms with Crippen LogP contribution in [-0.2, 0) is 9.59 Å². The highest BCUT2D eigenvalue weighted by atomic mass is 32.2. The van der Waals surface area contributed by atoms with Crippen LogP contribution in [0.25, 0.3) is 6.08 Å². The van der Waals surface area contributed by atoms with Crippen LogP contribution in [0.1, 0.15) is 44.4 Å². The first-order valence-electron chi connectivity index (χ1n) is 12.1. The summed E-state index contributed by atoms with van der Waals surface area (Å²) < 4.78 is 0. The molecule has 0 bridgehead atoms. The number of nitrogens with zero attached hydrogens (tertiary/aromatic N) is 3. The number of aliphatic imine (C=N–C) groups is 1. The minimum atomic E-state index is -0.236. The van der Waals surface area contributed by atoms with Crippen molar-refractivity contribution in [1.29, 1.82) is 0 Å². The van der Waals surface area contributed by atoms with Crippen molar-refractivity contribution in [3.8, 4) is 0 Å². The number of allylic oxidation sites excluding steroid dienone is 1. The lowest BCUT2D eigenvalue weighted by Gasteiger charge is -2.41. The number of amidine groups is 1. The smallest absolute Gasteiger partial charge is 0.254 e. The van der Waals surface area contributed by atoms with E-state index < -0.39 is 0 Å². The van der Waals surface area contributed by atoms with Gasteiger partial charge < -0.3 is 15.1 Å². The van der Waals surface area contributed by atoms with Crippen molar-refractivity contribution < 1.29 is 9.59 Å². The van der Waals surface area contributed by atoms with E-state index in [9.17, 15) is 9.59 Å². The van der Waals surface area contributed by atoms with Gasteiger partial charge in [-0.15, -0.1) is 0 Å². The van der Waals surface area contributed by atoms with Crippen molar-refractivity contribution in [3.63, 3.8) is 0 Å². The van der Waals surface area contributed by atoms with Crippen molar-refractivity contribution in [1.82, 2.24) is 9.80 Å². The fourth-order valence-electron chi connectivity index (χ4n) is 4.48. The Bertz CT molecular complexity index is 1170. The van der Waals surface area contributed by atoms with Gasteiger partial charge in [-0.05, 0) is 56.5 Å². The standard InChI is InChI=1S/C28H32N4O2S/c1-4-31(5-2)27(34)25-20(3)29-28-32(17-10-18-35-28)26(25)22-13-9-14-23(19-22)30-24(33)16-15-21-11-7-6-8-12-21/h6-9,11-16,19,26H,4-5,10,17-18H2,1-3H3,(H,30,33). The molecule has 0 aliphatic carbocycles. The zero-order valence-corrected chi connectivity index (χ0v) is 21.3. The Kier molecular flexibility index (Phi) is 8.08. The van der Waals surface area contributed by atoms with E-state index >= 15 is 0 Å². The maximum Gasteiger partial charge on any atom is 0.254 e. The molecule has 1 fully saturated rings. The molecule has 7 heteroatoms. The molecule has 182 valence electrons. The molecule has 1 atom stereocenters. The van der Waals surface area contributed by atoms with E-state index in [1.54, 1.807) is 17.8 Å². The lowest BCUT2D eigenvalue weighted by atomic mass is 9.92. The van der Waals surface area contributed by atoms with Crippen LogP contribution in [0.15, 0.2) is 76.9 Å². The molecule has 1 saturated heterocycles. The quantitative estimate of drug-likeness (QED) is 0.535. The molecular weight excluding hydrogens is 456 g/mol. The van der Waals surface area contributed by atoms with Crippen molar-refractivity contribution in [3.05, 3.63) is 83.1 Å². The topological polar surface area (TPSA) is 65.0 Å². The third kappa shape index (κ3) is 5.68. The summed E-state index contributed by atoms with van der Waals surface area (Å²) in [6, 6.07) is 17.3. The first-order valence-corrected chi connectivity index (χ1v) is 13.1. The van der Waals surface area contributed by atoms with Gasteiger partial charge in [0.05, 0.1) is 17.3 Å². The van der Waals surface area contributed by atoms with Gasteiger partial charge in [0, 0.05) is 37.2 Å². The Morgan fingerprint density at radius 2 is 1.91 bits per heavy atom. The lowest BCUT2D eigenvalue weighted by molar-refractivity contribution is -0.127. The summed E-state index contributed by atoms with van der Waals surface area (Å²) in [7, 11) is 0. The zero-order valence-electron chi connectivity index (χ0n) is 20.5. The number of benzene rings is 2. The average Bonchev–Trinajstić information content (AvgIpc) is 2.88. The van der Waals surface area contributed by atoms with E-state index in [1.165, 1.54) is 6.08 Å². The third-order valence-corrected chi connectivity index (χ3v) is 7.31. The van der Waals surface area contributed by atoms with Crippen LogP contribution in [0, 0.1) is 0 Å². The summed E-state index contributed by atoms with van der Waals surface area (Å²) >= 11 is 1.74. The van der Waals surface area contributed by atoms with Crippen LogP contribution in [0.4, 0.5) is 5.69 Å². The Morgan fingerprint density at radius 3 is 2.66 bits per heavy atom. The van der Waals surface area contributed by atoms with Gasteiger partial charge in [-0.3, -0.25) is 9.59 Å². The summed E-state index contributed by atoms with van der Waals surface area (Å²) in [5, 5.41) is 3.94. The molecule has 2 aromatic carbocycles. The first-order chi connectivity index (χ1) is 17.0. The van der Waals surface area contributed by atoms with E-state index in [1.807, 2.05) is 80.3 Å². The highest BCUT2D eigenvalue weighted by Gasteiger charge is 2.38. The number of hydrogen-bond acceptors (Lipinski definition) is 5. The third-order valence-electron chi connectivity index (χ3n) is 6.24. The molecule has 0 saturated carbocycles. The number of carbonyl (C=O) groups is 2. The monoisotopic (exact) mass is 488 g/mol. The van der Waals surface area contributed by atoms with Gasteiger partial charge in [0.15, 0.2) is 5.17 Å². The van der Waals surface area contributed by atoms with E-state index in [4.69, 9.17) is 4.99 Å². The summed E-state index contributed by atoms with van der Waals surface area (Å²) in [6.45, 7) is 8.07. The highest BCUT2D eigenvalue weighted by molar-refractivity contribution is 8.13. The van der Waals surface area contributed by atoms with Crippen LogP contribution in [-0.4, -0.2) is 52.2 Å². The van der Waals surface area contributed by atoms with Gasteiger partial charge in [0.1, 0.15) is 0 Å². The SMILES string of the molecule is CCN(CC)C(=O)C1=C(C)N=C2SCCCN2C1c1cccc(NC(=O)C=Cc2ccccc2)c1. The second-order valence-corrected chi connectivity index (χ2v) is 9.59. The normalized spacial score (nSPS) is 17.7. The maximum absolute atomic E-state index is 13.6. The van der Waals surface area contributed by atoms with Crippen LogP contribution in [0.2, 0.25) is 0 Å². The van der Waals surface area contributed by atoms with E-state index in [2.05, 4.69) is 10.2 Å². The number of likely N-dealkylation sites (N-methyl/N-ethyl adjacent to an activating group) is 1. The van der Waals surface area contributed by atoms with Gasteiger partial charge in [-0.25, -0.2) is 4.99 Å². The van der Waals surface area contributed by atoms with E-state index in [0.29, 0.717) is 24.4 Å². The predicted molar refractivity (Wildman–Crippen MR) is 145 cm³/mol. The lowest BCUT2D eigenvalue weighted by Crippen LogP contribution is -2.45. The molecular formula is C28H32N4O2S. The fourth-order valence-corrected chi connectivity index (χ4v) is 5.50. The number of thioether (sulfide) groups is 1. The molecule has 1 N–H and O–H groups in total. The molecule has 2 aliphatic heterocycles. The van der Waals surface area contributed by atoms with Crippen molar-refractivity contribution >= 4 is 40.5 Å². The van der Waals surface area contributed by atoms with Crippen LogP contribution in [0.5, 0.6) is 0 Å². The summed E-state index contributed by atoms with van der Waals surface area (Å²) in [5.41, 5.74) is 4.12. The summed E-state index contributed by atoms with van der Waals surface area (Å²) in [6.07, 6.45) is 4.36. The van der Waals surface area contributed by atoms with Gasteiger partial charge in [-0.2, -0.15) is 0 Å². The second-order valence-electron chi connectivity index (χ2n) is 8.53. The predicted octanol–water partition coefficient (Wildman–Crippen LogP) is 5.33. The molecule has 0 spiro atoms. The molecule has 4 rings (SSSR count). The minimum Gasteiger partial charge on any atom is -0.340 e. The van der Waals surface area contributed by atoms with Crippen molar-refractivity contribution in [2.45, 2.75) is 33.2 Å². The molecule has 0 radical (unpaired) electrons. The molecule has 2 amide bonds. The number of carbonyl (C=O) groups excluding carboxylic acids is 2. The number of anilines is 1. The molecule has 6 nitrogen and oxygen atoms in total. The summed E-state index contributed by atoms with van der Waals surface area (Å²) in [4.78, 5) is 35.1. The molecule has 2 aliphatic rings. The van der Waals surface area contributed by atoms with Crippen LogP contribution in [0.3, 0.4) is 0 Å². The van der Waals surface area contributed by atoms with E-state index in [0.717, 1.165) is 40.7 Å². The maximum atomic E-state index is 13.6. The van der Waals surface area contributed by atoms with Gasteiger partial charge in [0.2, 0.25) is 5.91 Å². The van der Waals surface area contributed by atoms with Gasteiger partial charge >= 0.3 is 0 Å². The minimum absolute atomic E-state index is 0.0242. The van der Waals surface area contributed by atoms with Crippen LogP contribution >= 0.6 is 11.8 Å². The zero-order chi connectivity index (χ0) is 24.8. The highest BCUT2D eigenvalue weighted by Crippen LogP contribution is 2.40. The van der Waals surface area contributed by atoms with E-state index in [-0.39, 0.29) is 17.9 Å². The Hall–Kier alpha value is -3.32. The number of hydrogen-bond donors (Lipinski definition) is 1. The Labute approximate surface area is 211 Å². The van der Waals surface area contributed by atoms with Crippen LogP contribution < -0.4 is 5.32 Å². The second kappa shape index (κ2) is 11.4. The first kappa shape index (κ1) is 24.8. The van der Waals surface area contributed by atoms with Gasteiger partial charge in [0.25, 0.3) is 5.91 Å². The number of rotatable bonds is 7. The molecule has 2 aromatic rings. The number of amides is 2. The van der Waals surface area contributed by atoms with Gasteiger partial charge in [-0.1, -0.05) is 54.2 Å². The average molecular weight is 489 g/mol. The Balaban J connectivity index is 1.64. The molecule has 35 heavy (non-hydrogen) atoms. The number of nitrogens with one attached hydrogen (secondary N) is 1. The number of fused-ring (bicyclic) bond motifs is 1. The fraction of sp³-hybridized carbons (Fsp3) is 0.321. The van der Waals surface area contributed by atoms with Crippen molar-refractivity contribution in [2.75, 3.05) is 30.7 Å². The molecule has 1 unspecified atom stereocenters. The molecule has 2 heterocycles. The summed E-state index contributed by atoms with van der Waals surface area (Å²) in [5.74, 6) is 0.853.